The number of hydrogen-bond acceptors (Lipinski definition) is 7. The van der Waals surface area contributed by atoms with Crippen LogP contribution < -0.4 is 5.32 Å². The number of aromatic nitrogens is 2. The van der Waals surface area contributed by atoms with Crippen LogP contribution in [-0.4, -0.2) is 26.8 Å². The van der Waals surface area contributed by atoms with Crippen molar-refractivity contribution in [2.45, 2.75) is 25.0 Å². The van der Waals surface area contributed by atoms with Gasteiger partial charge in [0.15, 0.2) is 0 Å². The minimum absolute atomic E-state index is 0.00258. The highest BCUT2D eigenvalue weighted by molar-refractivity contribution is 7.99. The van der Waals surface area contributed by atoms with Crippen molar-refractivity contribution in [2.75, 3.05) is 11.1 Å². The predicted octanol–water partition coefficient (Wildman–Crippen LogP) is 3.97. The maximum atomic E-state index is 12.0. The fraction of sp³-hybridized carbons (Fsp3) is 0.308. The van der Waals surface area contributed by atoms with Gasteiger partial charge in [0.2, 0.25) is 11.8 Å². The van der Waals surface area contributed by atoms with Crippen LogP contribution >= 0.6 is 35.0 Å². The summed E-state index contributed by atoms with van der Waals surface area (Å²) in [5.74, 6) is 0.104. The van der Waals surface area contributed by atoms with E-state index in [1.165, 1.54) is 0 Å². The molecule has 8 nitrogen and oxygen atoms in total. The number of aryl methyl sites for hydroxylation is 1. The van der Waals surface area contributed by atoms with Crippen molar-refractivity contribution in [3.63, 3.8) is 0 Å². The van der Waals surface area contributed by atoms with E-state index in [-0.39, 0.29) is 32.4 Å². The third-order valence-electron chi connectivity index (χ3n) is 2.74. The zero-order valence-corrected chi connectivity index (χ0v) is 14.7. The first-order chi connectivity index (χ1) is 11.4. The molecule has 0 atom stereocenters. The molecule has 0 bridgehead atoms. The monoisotopic (exact) mass is 390 g/mol. The Morgan fingerprint density at radius 2 is 2.04 bits per heavy atom. The molecule has 2 aromatic rings. The molecule has 1 amide bonds. The van der Waals surface area contributed by atoms with Gasteiger partial charge in [0.05, 0.1) is 26.4 Å². The first kappa shape index (κ1) is 18.5. The lowest BCUT2D eigenvalue weighted by atomic mass is 10.3. The van der Waals surface area contributed by atoms with Gasteiger partial charge in [-0.2, -0.15) is 0 Å². The van der Waals surface area contributed by atoms with E-state index in [4.69, 9.17) is 27.6 Å². The lowest BCUT2D eigenvalue weighted by Gasteiger charge is -2.08. The van der Waals surface area contributed by atoms with Gasteiger partial charge in [0, 0.05) is 18.6 Å². The molecule has 0 aliphatic rings. The molecular formula is C13H12Cl2N4O4S. The van der Waals surface area contributed by atoms with E-state index < -0.39 is 10.8 Å². The van der Waals surface area contributed by atoms with Crippen molar-refractivity contribution in [3.8, 4) is 0 Å². The molecule has 0 fully saturated rings. The highest BCUT2D eigenvalue weighted by atomic mass is 35.5. The van der Waals surface area contributed by atoms with E-state index in [0.717, 1.165) is 30.3 Å². The van der Waals surface area contributed by atoms with Crippen LogP contribution in [0.4, 0.5) is 11.4 Å². The average molecular weight is 391 g/mol. The summed E-state index contributed by atoms with van der Waals surface area (Å²) in [6.45, 7) is 1.99. The van der Waals surface area contributed by atoms with Gasteiger partial charge < -0.3 is 9.73 Å². The number of hydrogen-bond donors (Lipinski definition) is 1. The van der Waals surface area contributed by atoms with Gasteiger partial charge in [-0.15, -0.1) is 10.2 Å². The largest absolute Gasteiger partial charge is 0.416 e. The fourth-order valence-electron chi connectivity index (χ4n) is 1.70. The van der Waals surface area contributed by atoms with E-state index in [1.54, 1.807) is 0 Å². The standard InChI is InChI=1S/C13H12Cl2N4O4S/c1-2-3-11-17-18-13(23-11)24-6-10(20)16-12-8(14)4-7(19(21)22)5-9(12)15/h4-5H,2-3,6H2,1H3,(H,16,20). The van der Waals surface area contributed by atoms with E-state index in [1.807, 2.05) is 6.92 Å². The molecule has 1 aromatic heterocycles. The van der Waals surface area contributed by atoms with Crippen molar-refractivity contribution >= 4 is 52.2 Å². The minimum Gasteiger partial charge on any atom is -0.416 e. The van der Waals surface area contributed by atoms with Crippen LogP contribution in [-0.2, 0) is 11.2 Å². The van der Waals surface area contributed by atoms with Crippen molar-refractivity contribution in [3.05, 3.63) is 38.2 Å². The molecule has 1 aromatic carbocycles. The lowest BCUT2D eigenvalue weighted by molar-refractivity contribution is -0.384. The quantitative estimate of drug-likeness (QED) is 0.432. The number of carbonyl (C=O) groups excluding carboxylic acids is 1. The van der Waals surface area contributed by atoms with Crippen molar-refractivity contribution < 1.29 is 14.1 Å². The molecule has 128 valence electrons. The number of nitro groups is 1. The minimum atomic E-state index is -0.622. The van der Waals surface area contributed by atoms with Gasteiger partial charge in [-0.05, 0) is 6.42 Å². The summed E-state index contributed by atoms with van der Waals surface area (Å²) in [6, 6.07) is 2.23. The van der Waals surface area contributed by atoms with Crippen LogP contribution in [0.2, 0.25) is 10.0 Å². The average Bonchev–Trinajstić information content (AvgIpc) is 2.96. The number of carbonyl (C=O) groups is 1. The first-order valence-corrected chi connectivity index (χ1v) is 8.53. The Labute approximate surface area is 151 Å². The lowest BCUT2D eigenvalue weighted by Crippen LogP contribution is -2.14. The maximum absolute atomic E-state index is 12.0. The predicted molar refractivity (Wildman–Crippen MR) is 90.8 cm³/mol. The van der Waals surface area contributed by atoms with E-state index in [2.05, 4.69) is 15.5 Å². The van der Waals surface area contributed by atoms with Crippen LogP contribution in [0.15, 0.2) is 21.8 Å². The Morgan fingerprint density at radius 1 is 1.38 bits per heavy atom. The van der Waals surface area contributed by atoms with Gasteiger partial charge in [-0.1, -0.05) is 41.9 Å². The Kier molecular flexibility index (Phi) is 6.41. The molecule has 0 aliphatic heterocycles. The number of nitro benzene ring substituents is 1. The van der Waals surface area contributed by atoms with Crippen LogP contribution in [0.5, 0.6) is 0 Å². The molecule has 0 saturated heterocycles. The maximum Gasteiger partial charge on any atom is 0.277 e. The molecule has 0 radical (unpaired) electrons. The van der Waals surface area contributed by atoms with Gasteiger partial charge in [-0.3, -0.25) is 14.9 Å². The zero-order chi connectivity index (χ0) is 17.7. The molecular weight excluding hydrogens is 379 g/mol. The second-order valence-corrected chi connectivity index (χ2v) is 6.33. The Hall–Kier alpha value is -1.84. The summed E-state index contributed by atoms with van der Waals surface area (Å²) < 4.78 is 5.35. The number of halogens is 2. The summed E-state index contributed by atoms with van der Waals surface area (Å²) in [6.07, 6.45) is 1.55. The van der Waals surface area contributed by atoms with Crippen LogP contribution in [0.25, 0.3) is 0 Å². The highest BCUT2D eigenvalue weighted by Crippen LogP contribution is 2.34. The van der Waals surface area contributed by atoms with Gasteiger partial charge >= 0.3 is 0 Å². The summed E-state index contributed by atoms with van der Waals surface area (Å²) in [4.78, 5) is 22.1. The number of anilines is 1. The SMILES string of the molecule is CCCc1nnc(SCC(=O)Nc2c(Cl)cc([N+](=O)[O-])cc2Cl)o1. The van der Waals surface area contributed by atoms with Gasteiger partial charge in [0.1, 0.15) is 0 Å². The molecule has 2 rings (SSSR count). The number of rotatable bonds is 7. The molecule has 1 heterocycles. The molecule has 0 spiro atoms. The van der Waals surface area contributed by atoms with Gasteiger partial charge in [-0.25, -0.2) is 0 Å². The normalized spacial score (nSPS) is 10.6. The van der Waals surface area contributed by atoms with Crippen LogP contribution in [0.3, 0.4) is 0 Å². The summed E-state index contributed by atoms with van der Waals surface area (Å²) in [7, 11) is 0. The summed E-state index contributed by atoms with van der Waals surface area (Å²) >= 11 is 12.9. The summed E-state index contributed by atoms with van der Waals surface area (Å²) in [5.41, 5.74) is -0.140. The molecule has 0 unspecified atom stereocenters. The van der Waals surface area contributed by atoms with Crippen molar-refractivity contribution in [2.24, 2.45) is 0 Å². The van der Waals surface area contributed by atoms with Crippen LogP contribution in [0, 0.1) is 10.1 Å². The molecule has 0 aliphatic carbocycles. The highest BCUT2D eigenvalue weighted by Gasteiger charge is 2.17. The second kappa shape index (κ2) is 8.32. The van der Waals surface area contributed by atoms with Crippen molar-refractivity contribution in [1.29, 1.82) is 0 Å². The Balaban J connectivity index is 1.98. The molecule has 1 N–H and O–H groups in total. The number of nitrogens with one attached hydrogen (secondary N) is 1. The zero-order valence-electron chi connectivity index (χ0n) is 12.4. The third-order valence-corrected chi connectivity index (χ3v) is 4.16. The van der Waals surface area contributed by atoms with E-state index >= 15 is 0 Å². The first-order valence-electron chi connectivity index (χ1n) is 6.79. The molecule has 24 heavy (non-hydrogen) atoms. The number of non-ortho nitro benzene ring substituents is 1. The molecule has 11 heteroatoms. The smallest absolute Gasteiger partial charge is 0.277 e. The summed E-state index contributed by atoms with van der Waals surface area (Å²) in [5, 5.41) is 21.1. The number of thioether (sulfide) groups is 1. The number of amides is 1. The number of nitrogens with zero attached hydrogens (tertiary/aromatic N) is 3. The van der Waals surface area contributed by atoms with Gasteiger partial charge in [0.25, 0.3) is 10.9 Å². The van der Waals surface area contributed by atoms with Crippen LogP contribution in [0.1, 0.15) is 19.2 Å². The third kappa shape index (κ3) is 4.83. The number of benzene rings is 1. The van der Waals surface area contributed by atoms with Crippen molar-refractivity contribution in [1.82, 2.24) is 10.2 Å². The fourth-order valence-corrected chi connectivity index (χ4v) is 2.85. The molecule has 0 saturated carbocycles. The Morgan fingerprint density at radius 3 is 2.62 bits per heavy atom. The van der Waals surface area contributed by atoms with E-state index in [9.17, 15) is 14.9 Å². The van der Waals surface area contributed by atoms with E-state index in [0.29, 0.717) is 12.3 Å². The Bertz CT molecular complexity index is 745. The topological polar surface area (TPSA) is 111 Å². The second-order valence-electron chi connectivity index (χ2n) is 4.59.